The summed E-state index contributed by atoms with van der Waals surface area (Å²) in [5.74, 6) is 2.09. The molecule has 9 heteroatoms. The van der Waals surface area contributed by atoms with Crippen LogP contribution in [0.5, 0.6) is 0 Å². The van der Waals surface area contributed by atoms with E-state index in [-0.39, 0.29) is 24.0 Å². The lowest BCUT2D eigenvalue weighted by Crippen LogP contribution is -2.36. The number of aryl methyl sites for hydroxylation is 3. The minimum Gasteiger partial charge on any atom is -0.444 e. The molecule has 4 aromatic rings. The van der Waals surface area contributed by atoms with Gasteiger partial charge in [0.1, 0.15) is 6.26 Å². The third-order valence-electron chi connectivity index (χ3n) is 5.01. The fourth-order valence-electron chi connectivity index (χ4n) is 3.30. The minimum atomic E-state index is 0. The molecule has 2 N–H and O–H groups in total. The fourth-order valence-corrected chi connectivity index (χ4v) is 3.30. The Kier molecular flexibility index (Phi) is 8.21. The SMILES string of the molecule is CN=C(NCc1ccc(-n2nc(C)cc2C)nc1)NCc1coc(-c2ccc(C)cc2)n1.I. The summed E-state index contributed by atoms with van der Waals surface area (Å²) in [6, 6.07) is 14.1. The molecule has 0 aliphatic carbocycles. The van der Waals surface area contributed by atoms with Gasteiger partial charge in [-0.2, -0.15) is 5.10 Å². The Hall–Kier alpha value is -3.21. The molecular formula is C24H28IN7O. The number of nitrogens with zero attached hydrogens (tertiary/aromatic N) is 5. The molecule has 3 aromatic heterocycles. The van der Waals surface area contributed by atoms with E-state index in [0.717, 1.165) is 34.0 Å². The molecule has 0 saturated heterocycles. The van der Waals surface area contributed by atoms with Gasteiger partial charge in [0.15, 0.2) is 11.8 Å². The lowest BCUT2D eigenvalue weighted by atomic mass is 10.1. The zero-order valence-corrected chi connectivity index (χ0v) is 21.5. The number of benzene rings is 1. The lowest BCUT2D eigenvalue weighted by molar-refractivity contribution is 0.572. The molecule has 0 fully saturated rings. The number of aliphatic imine (C=N–C) groups is 1. The summed E-state index contributed by atoms with van der Waals surface area (Å²) in [7, 11) is 1.74. The van der Waals surface area contributed by atoms with Crippen molar-refractivity contribution in [3.63, 3.8) is 0 Å². The zero-order chi connectivity index (χ0) is 22.5. The standard InChI is InChI=1S/C24H27N7O.HI/c1-16-5-8-20(9-6-16)23-29-21(15-32-23)14-28-24(25-4)27-13-19-7-10-22(26-12-19)31-18(3)11-17(2)30-31;/h5-12,15H,13-14H2,1-4H3,(H2,25,27,28);1H. The predicted molar refractivity (Wildman–Crippen MR) is 140 cm³/mol. The smallest absolute Gasteiger partial charge is 0.226 e. The number of guanidine groups is 1. The van der Waals surface area contributed by atoms with Crippen molar-refractivity contribution in [2.45, 2.75) is 33.9 Å². The number of oxazole rings is 1. The van der Waals surface area contributed by atoms with E-state index in [4.69, 9.17) is 4.42 Å². The first-order chi connectivity index (χ1) is 15.5. The first-order valence-corrected chi connectivity index (χ1v) is 10.5. The van der Waals surface area contributed by atoms with Gasteiger partial charge in [-0.3, -0.25) is 4.99 Å². The van der Waals surface area contributed by atoms with Crippen LogP contribution in [0, 0.1) is 20.8 Å². The molecule has 0 atom stereocenters. The molecule has 8 nitrogen and oxygen atoms in total. The highest BCUT2D eigenvalue weighted by Crippen LogP contribution is 2.19. The normalized spacial score (nSPS) is 11.2. The maximum Gasteiger partial charge on any atom is 0.226 e. The summed E-state index contributed by atoms with van der Waals surface area (Å²) >= 11 is 0. The topological polar surface area (TPSA) is 93.2 Å². The second-order valence-electron chi connectivity index (χ2n) is 7.65. The third-order valence-corrected chi connectivity index (χ3v) is 5.01. The van der Waals surface area contributed by atoms with Gasteiger partial charge in [0.2, 0.25) is 5.89 Å². The maximum absolute atomic E-state index is 5.62. The monoisotopic (exact) mass is 557 g/mol. The van der Waals surface area contributed by atoms with E-state index in [2.05, 4.69) is 37.6 Å². The predicted octanol–water partition coefficient (Wildman–Crippen LogP) is 4.33. The van der Waals surface area contributed by atoms with Crippen LogP contribution in [0.4, 0.5) is 0 Å². The van der Waals surface area contributed by atoms with Crippen LogP contribution in [-0.2, 0) is 13.1 Å². The molecule has 1 aromatic carbocycles. The van der Waals surface area contributed by atoms with E-state index < -0.39 is 0 Å². The molecule has 33 heavy (non-hydrogen) atoms. The quantitative estimate of drug-likeness (QED) is 0.208. The van der Waals surface area contributed by atoms with Crippen molar-refractivity contribution in [3.05, 3.63) is 83.1 Å². The summed E-state index contributed by atoms with van der Waals surface area (Å²) in [5.41, 5.74) is 6.04. The van der Waals surface area contributed by atoms with Crippen LogP contribution in [0.2, 0.25) is 0 Å². The molecular weight excluding hydrogens is 529 g/mol. The Morgan fingerprint density at radius 2 is 1.79 bits per heavy atom. The number of aromatic nitrogens is 4. The van der Waals surface area contributed by atoms with Crippen LogP contribution < -0.4 is 10.6 Å². The molecule has 0 saturated carbocycles. The highest BCUT2D eigenvalue weighted by Gasteiger charge is 2.08. The van der Waals surface area contributed by atoms with E-state index in [1.807, 2.05) is 67.2 Å². The van der Waals surface area contributed by atoms with Gasteiger partial charge in [-0.1, -0.05) is 23.8 Å². The number of hydrogen-bond donors (Lipinski definition) is 2. The second-order valence-corrected chi connectivity index (χ2v) is 7.65. The van der Waals surface area contributed by atoms with E-state index in [1.54, 1.807) is 13.3 Å². The Morgan fingerprint density at radius 3 is 2.42 bits per heavy atom. The number of hydrogen-bond acceptors (Lipinski definition) is 5. The van der Waals surface area contributed by atoms with E-state index in [9.17, 15) is 0 Å². The van der Waals surface area contributed by atoms with Crippen LogP contribution in [0.3, 0.4) is 0 Å². The first kappa shape index (κ1) is 24.4. The van der Waals surface area contributed by atoms with Crippen LogP contribution in [0.1, 0.15) is 28.2 Å². The molecule has 0 radical (unpaired) electrons. The maximum atomic E-state index is 5.62. The van der Waals surface area contributed by atoms with Gasteiger partial charge in [0.05, 0.1) is 17.9 Å². The average molecular weight is 557 g/mol. The van der Waals surface area contributed by atoms with E-state index in [0.29, 0.717) is 24.9 Å². The summed E-state index contributed by atoms with van der Waals surface area (Å²) in [4.78, 5) is 13.4. The largest absolute Gasteiger partial charge is 0.444 e. The van der Waals surface area contributed by atoms with Crippen LogP contribution in [0.15, 0.2) is 64.3 Å². The van der Waals surface area contributed by atoms with Gasteiger partial charge in [0.25, 0.3) is 0 Å². The average Bonchev–Trinajstić information content (AvgIpc) is 3.40. The van der Waals surface area contributed by atoms with Gasteiger partial charge < -0.3 is 15.1 Å². The van der Waals surface area contributed by atoms with Gasteiger partial charge in [-0.05, 0) is 50.6 Å². The van der Waals surface area contributed by atoms with Crippen molar-refractivity contribution in [2.75, 3.05) is 7.05 Å². The van der Waals surface area contributed by atoms with Gasteiger partial charge >= 0.3 is 0 Å². The number of rotatable bonds is 6. The molecule has 0 bridgehead atoms. The lowest BCUT2D eigenvalue weighted by Gasteiger charge is -2.11. The summed E-state index contributed by atoms with van der Waals surface area (Å²) < 4.78 is 7.46. The van der Waals surface area contributed by atoms with Crippen LogP contribution in [-0.4, -0.2) is 32.8 Å². The Balaban J connectivity index is 0.00000306. The molecule has 0 aliphatic heterocycles. The van der Waals surface area contributed by atoms with E-state index >= 15 is 0 Å². The Morgan fingerprint density at radius 1 is 1.03 bits per heavy atom. The minimum absolute atomic E-state index is 0. The number of halogens is 1. The Bertz CT molecular complexity index is 1210. The van der Waals surface area contributed by atoms with E-state index in [1.165, 1.54) is 5.56 Å². The summed E-state index contributed by atoms with van der Waals surface area (Å²) in [5, 5.41) is 11.0. The molecule has 0 amide bonds. The number of pyridine rings is 1. The van der Waals surface area contributed by atoms with Crippen molar-refractivity contribution in [2.24, 2.45) is 4.99 Å². The molecule has 3 heterocycles. The molecule has 172 valence electrons. The third kappa shape index (κ3) is 6.19. The van der Waals surface area contributed by atoms with Gasteiger partial charge in [0, 0.05) is 31.0 Å². The molecule has 0 spiro atoms. The fraction of sp³-hybridized carbons (Fsp3) is 0.250. The zero-order valence-electron chi connectivity index (χ0n) is 19.2. The highest BCUT2D eigenvalue weighted by atomic mass is 127. The van der Waals surface area contributed by atoms with Crippen molar-refractivity contribution >= 4 is 29.9 Å². The molecule has 0 unspecified atom stereocenters. The summed E-state index contributed by atoms with van der Waals surface area (Å²) in [6.45, 7) is 7.15. The van der Waals surface area contributed by atoms with Gasteiger partial charge in [-0.25, -0.2) is 14.6 Å². The van der Waals surface area contributed by atoms with Gasteiger partial charge in [-0.15, -0.1) is 24.0 Å². The van der Waals surface area contributed by atoms with Crippen molar-refractivity contribution in [1.29, 1.82) is 0 Å². The highest BCUT2D eigenvalue weighted by molar-refractivity contribution is 14.0. The number of nitrogens with one attached hydrogen (secondary N) is 2. The van der Waals surface area contributed by atoms with Crippen LogP contribution in [0.25, 0.3) is 17.3 Å². The van der Waals surface area contributed by atoms with Crippen molar-refractivity contribution < 1.29 is 4.42 Å². The second kappa shape index (κ2) is 11.1. The molecule has 0 aliphatic rings. The van der Waals surface area contributed by atoms with Crippen molar-refractivity contribution in [3.8, 4) is 17.3 Å². The molecule has 4 rings (SSSR count). The van der Waals surface area contributed by atoms with Crippen molar-refractivity contribution in [1.82, 2.24) is 30.4 Å². The first-order valence-electron chi connectivity index (χ1n) is 10.5. The Labute approximate surface area is 210 Å². The van der Waals surface area contributed by atoms with Crippen LogP contribution >= 0.6 is 24.0 Å². The summed E-state index contributed by atoms with van der Waals surface area (Å²) in [6.07, 6.45) is 3.51.